The quantitative estimate of drug-likeness (QED) is 0.735. The Kier molecular flexibility index (Phi) is 5.13. The zero-order valence-electron chi connectivity index (χ0n) is 15.0. The number of carbonyl (C=O) groups is 1. The summed E-state index contributed by atoms with van der Waals surface area (Å²) in [5.41, 5.74) is 2.88. The number of rotatable bonds is 5. The number of nitrogens with zero attached hydrogens (tertiary/aromatic N) is 3. The van der Waals surface area contributed by atoms with Gasteiger partial charge in [0, 0.05) is 43.2 Å². The van der Waals surface area contributed by atoms with E-state index < -0.39 is 0 Å². The third-order valence-electron chi connectivity index (χ3n) is 4.49. The smallest absolute Gasteiger partial charge is 0.259 e. The maximum absolute atomic E-state index is 12.4. The number of thiazole rings is 1. The Labute approximate surface area is 161 Å². The molecule has 6 nitrogen and oxygen atoms in total. The van der Waals surface area contributed by atoms with Gasteiger partial charge < -0.3 is 4.74 Å². The Hall–Kier alpha value is -2.77. The van der Waals surface area contributed by atoms with Crippen LogP contribution in [-0.2, 0) is 19.5 Å². The Morgan fingerprint density at radius 1 is 1.26 bits per heavy atom. The molecule has 4 rings (SSSR count). The molecule has 0 aliphatic carbocycles. The van der Waals surface area contributed by atoms with Gasteiger partial charge in [-0.05, 0) is 11.6 Å². The van der Waals surface area contributed by atoms with Crippen LogP contribution in [0, 0.1) is 0 Å². The molecular formula is C20H20N4O2S. The van der Waals surface area contributed by atoms with Gasteiger partial charge in [-0.1, -0.05) is 30.3 Å². The minimum absolute atomic E-state index is 0.211. The van der Waals surface area contributed by atoms with Gasteiger partial charge in [-0.3, -0.25) is 15.0 Å². The molecule has 3 aromatic rings. The molecule has 1 aliphatic rings. The Morgan fingerprint density at radius 3 is 2.85 bits per heavy atom. The highest BCUT2D eigenvalue weighted by Crippen LogP contribution is 2.29. The van der Waals surface area contributed by atoms with Gasteiger partial charge in [0.25, 0.3) is 5.91 Å². The molecule has 0 unspecified atom stereocenters. The van der Waals surface area contributed by atoms with Crippen LogP contribution in [0.2, 0.25) is 0 Å². The summed E-state index contributed by atoms with van der Waals surface area (Å²) in [5.74, 6) is 0.271. The number of anilines is 1. The molecule has 0 atom stereocenters. The average Bonchev–Trinajstić information content (AvgIpc) is 3.10. The van der Waals surface area contributed by atoms with Crippen molar-refractivity contribution in [3.8, 4) is 5.88 Å². The zero-order chi connectivity index (χ0) is 18.6. The summed E-state index contributed by atoms with van der Waals surface area (Å²) in [4.78, 5) is 24.7. The second-order valence-electron chi connectivity index (χ2n) is 6.38. The first kappa shape index (κ1) is 17.6. The van der Waals surface area contributed by atoms with Crippen molar-refractivity contribution >= 4 is 22.4 Å². The van der Waals surface area contributed by atoms with Crippen LogP contribution in [0.5, 0.6) is 5.88 Å². The van der Waals surface area contributed by atoms with E-state index in [1.54, 1.807) is 30.6 Å². The van der Waals surface area contributed by atoms with Gasteiger partial charge in [0.2, 0.25) is 5.88 Å². The molecule has 1 aliphatic heterocycles. The number of fused-ring (bicyclic) bond motifs is 1. The number of benzene rings is 1. The number of aromatic nitrogens is 2. The van der Waals surface area contributed by atoms with Crippen molar-refractivity contribution in [3.63, 3.8) is 0 Å². The van der Waals surface area contributed by atoms with Crippen molar-refractivity contribution in [2.75, 3.05) is 19.0 Å². The predicted octanol–water partition coefficient (Wildman–Crippen LogP) is 3.36. The van der Waals surface area contributed by atoms with Crippen LogP contribution in [0.25, 0.3) is 0 Å². The largest absolute Gasteiger partial charge is 0.481 e. The molecular weight excluding hydrogens is 360 g/mol. The summed E-state index contributed by atoms with van der Waals surface area (Å²) >= 11 is 1.55. The van der Waals surface area contributed by atoms with E-state index in [9.17, 15) is 4.79 Å². The lowest BCUT2D eigenvalue weighted by atomic mass is 10.1. The lowest BCUT2D eigenvalue weighted by molar-refractivity contribution is 0.102. The third kappa shape index (κ3) is 4.15. The van der Waals surface area contributed by atoms with Crippen molar-refractivity contribution < 1.29 is 9.53 Å². The Bertz CT molecular complexity index is 925. The molecule has 7 heteroatoms. The molecule has 138 valence electrons. The lowest BCUT2D eigenvalue weighted by Crippen LogP contribution is -2.29. The number of methoxy groups -OCH3 is 1. The molecule has 0 radical (unpaired) electrons. The SMILES string of the molecule is COc1ccc(C(=O)Nc2nc3c(s2)CN(Cc2ccccc2)CC3)cn1. The number of nitrogens with one attached hydrogen (secondary N) is 1. The minimum atomic E-state index is -0.211. The number of amides is 1. The molecule has 1 N–H and O–H groups in total. The van der Waals surface area contributed by atoms with Crippen molar-refractivity contribution in [3.05, 3.63) is 70.4 Å². The average molecular weight is 380 g/mol. The van der Waals surface area contributed by atoms with Crippen LogP contribution in [0.4, 0.5) is 5.13 Å². The molecule has 1 aromatic carbocycles. The molecule has 27 heavy (non-hydrogen) atoms. The Balaban J connectivity index is 1.41. The maximum atomic E-state index is 12.4. The van der Waals surface area contributed by atoms with Gasteiger partial charge in [-0.25, -0.2) is 9.97 Å². The molecule has 2 aromatic heterocycles. The van der Waals surface area contributed by atoms with E-state index in [4.69, 9.17) is 4.74 Å². The molecule has 0 bridgehead atoms. The predicted molar refractivity (Wildman–Crippen MR) is 105 cm³/mol. The fourth-order valence-electron chi connectivity index (χ4n) is 3.08. The number of carbonyl (C=O) groups excluding carboxylic acids is 1. The van der Waals surface area contributed by atoms with Crippen molar-refractivity contribution in [2.45, 2.75) is 19.5 Å². The van der Waals surface area contributed by atoms with Crippen LogP contribution < -0.4 is 10.1 Å². The first-order chi connectivity index (χ1) is 13.2. The molecule has 0 spiro atoms. The standard InChI is InChI=1S/C20H20N4O2S/c1-26-18-8-7-15(11-21-18)19(25)23-20-22-16-9-10-24(13-17(16)27-20)12-14-5-3-2-4-6-14/h2-8,11H,9-10,12-13H2,1H3,(H,22,23,25). The topological polar surface area (TPSA) is 67.3 Å². The van der Waals surface area contributed by atoms with E-state index >= 15 is 0 Å². The number of hydrogen-bond donors (Lipinski definition) is 1. The van der Waals surface area contributed by atoms with Gasteiger partial charge in [-0.15, -0.1) is 11.3 Å². The molecule has 1 amide bonds. The minimum Gasteiger partial charge on any atom is -0.481 e. The van der Waals surface area contributed by atoms with Crippen LogP contribution in [0.3, 0.4) is 0 Å². The van der Waals surface area contributed by atoms with Crippen molar-refractivity contribution in [1.29, 1.82) is 0 Å². The number of ether oxygens (including phenoxy) is 1. The summed E-state index contributed by atoms with van der Waals surface area (Å²) in [7, 11) is 1.54. The van der Waals surface area contributed by atoms with Gasteiger partial charge >= 0.3 is 0 Å². The van der Waals surface area contributed by atoms with Crippen LogP contribution in [0.1, 0.15) is 26.5 Å². The summed E-state index contributed by atoms with van der Waals surface area (Å²) in [5, 5.41) is 3.53. The van der Waals surface area contributed by atoms with E-state index in [0.29, 0.717) is 16.6 Å². The second-order valence-corrected chi connectivity index (χ2v) is 7.46. The second kappa shape index (κ2) is 7.85. The van der Waals surface area contributed by atoms with Gasteiger partial charge in [0.15, 0.2) is 5.13 Å². The van der Waals surface area contributed by atoms with Crippen LogP contribution >= 0.6 is 11.3 Å². The van der Waals surface area contributed by atoms with E-state index in [2.05, 4.69) is 44.5 Å². The maximum Gasteiger partial charge on any atom is 0.259 e. The summed E-state index contributed by atoms with van der Waals surface area (Å²) < 4.78 is 5.02. The first-order valence-electron chi connectivity index (χ1n) is 8.77. The molecule has 3 heterocycles. The Morgan fingerprint density at radius 2 is 2.11 bits per heavy atom. The monoisotopic (exact) mass is 380 g/mol. The van der Waals surface area contributed by atoms with E-state index in [0.717, 1.165) is 31.7 Å². The number of pyridine rings is 1. The summed E-state index contributed by atoms with van der Waals surface area (Å²) in [6.45, 7) is 2.76. The zero-order valence-corrected chi connectivity index (χ0v) is 15.8. The highest BCUT2D eigenvalue weighted by Gasteiger charge is 2.21. The molecule has 0 fully saturated rings. The van der Waals surface area contributed by atoms with Crippen LogP contribution in [0.15, 0.2) is 48.7 Å². The highest BCUT2D eigenvalue weighted by molar-refractivity contribution is 7.15. The summed E-state index contributed by atoms with van der Waals surface area (Å²) in [6, 6.07) is 13.8. The van der Waals surface area contributed by atoms with Crippen LogP contribution in [-0.4, -0.2) is 34.4 Å². The lowest BCUT2D eigenvalue weighted by Gasteiger charge is -2.25. The molecule has 0 saturated carbocycles. The van der Waals surface area contributed by atoms with Crippen molar-refractivity contribution in [2.24, 2.45) is 0 Å². The summed E-state index contributed by atoms with van der Waals surface area (Å²) in [6.07, 6.45) is 2.40. The van der Waals surface area contributed by atoms with Crippen molar-refractivity contribution in [1.82, 2.24) is 14.9 Å². The fourth-order valence-corrected chi connectivity index (χ4v) is 4.13. The van der Waals surface area contributed by atoms with Gasteiger partial charge in [0.05, 0.1) is 18.4 Å². The van der Waals surface area contributed by atoms with Gasteiger partial charge in [0.1, 0.15) is 0 Å². The fraction of sp³-hybridized carbons (Fsp3) is 0.250. The van der Waals surface area contributed by atoms with Gasteiger partial charge in [-0.2, -0.15) is 0 Å². The third-order valence-corrected chi connectivity index (χ3v) is 5.49. The highest BCUT2D eigenvalue weighted by atomic mass is 32.1. The van der Waals surface area contributed by atoms with E-state index in [1.165, 1.54) is 16.6 Å². The van der Waals surface area contributed by atoms with E-state index in [1.807, 2.05) is 6.07 Å². The van der Waals surface area contributed by atoms with E-state index in [-0.39, 0.29) is 5.91 Å². The molecule has 0 saturated heterocycles. The first-order valence-corrected chi connectivity index (χ1v) is 9.59. The number of hydrogen-bond acceptors (Lipinski definition) is 6. The normalized spacial score (nSPS) is 13.8.